The molecular weight excluding hydrogens is 238 g/mol. The van der Waals surface area contributed by atoms with E-state index in [9.17, 15) is 0 Å². The number of ether oxygens (including phenoxy) is 1. The minimum Gasteiger partial charge on any atom is -0.496 e. The molecule has 2 rings (SSSR count). The number of rotatable bonds is 7. The lowest BCUT2D eigenvalue weighted by Crippen LogP contribution is -2.30. The molecule has 106 valence electrons. The topological polar surface area (TPSA) is 37.4 Å². The fourth-order valence-electron chi connectivity index (χ4n) is 2.31. The Balaban J connectivity index is 1.89. The second-order valence-corrected chi connectivity index (χ2v) is 5.51. The van der Waals surface area contributed by atoms with Gasteiger partial charge in [0.2, 0.25) is 0 Å². The third-order valence-electron chi connectivity index (χ3n) is 3.67. The summed E-state index contributed by atoms with van der Waals surface area (Å²) in [5.41, 5.74) is 3.36. The summed E-state index contributed by atoms with van der Waals surface area (Å²) >= 11 is 0. The van der Waals surface area contributed by atoms with Gasteiger partial charge in [-0.3, -0.25) is 9.88 Å². The van der Waals surface area contributed by atoms with Gasteiger partial charge in [0.25, 0.3) is 0 Å². The average molecular weight is 263 g/mol. The Labute approximate surface area is 116 Å². The molecule has 1 aromatic heterocycles. The lowest BCUT2D eigenvalue weighted by atomic mass is 10.1. The SMILES string of the molecule is COc1c(C)cnc(CN(C)CCNC2CC2)c1C. The highest BCUT2D eigenvalue weighted by Crippen LogP contribution is 2.24. The van der Waals surface area contributed by atoms with Crippen molar-refractivity contribution >= 4 is 0 Å². The lowest BCUT2D eigenvalue weighted by molar-refractivity contribution is 0.318. The highest BCUT2D eigenvalue weighted by molar-refractivity contribution is 5.40. The monoisotopic (exact) mass is 263 g/mol. The van der Waals surface area contributed by atoms with Crippen LogP contribution in [-0.2, 0) is 6.54 Å². The lowest BCUT2D eigenvalue weighted by Gasteiger charge is -2.19. The molecule has 0 unspecified atom stereocenters. The quantitative estimate of drug-likeness (QED) is 0.815. The zero-order chi connectivity index (χ0) is 13.8. The number of nitrogens with one attached hydrogen (secondary N) is 1. The van der Waals surface area contributed by atoms with Crippen molar-refractivity contribution in [2.24, 2.45) is 0 Å². The van der Waals surface area contributed by atoms with Crippen molar-refractivity contribution < 1.29 is 4.74 Å². The number of aromatic nitrogens is 1. The molecule has 1 saturated carbocycles. The van der Waals surface area contributed by atoms with E-state index < -0.39 is 0 Å². The molecule has 0 bridgehead atoms. The second kappa shape index (κ2) is 6.35. The van der Waals surface area contributed by atoms with Crippen LogP contribution in [0.2, 0.25) is 0 Å². The third-order valence-corrected chi connectivity index (χ3v) is 3.67. The molecule has 1 N–H and O–H groups in total. The maximum atomic E-state index is 5.45. The van der Waals surface area contributed by atoms with Gasteiger partial charge in [-0.15, -0.1) is 0 Å². The molecule has 0 radical (unpaired) electrons. The van der Waals surface area contributed by atoms with Crippen molar-refractivity contribution in [3.05, 3.63) is 23.0 Å². The van der Waals surface area contributed by atoms with Gasteiger partial charge < -0.3 is 10.1 Å². The Morgan fingerprint density at radius 2 is 2.16 bits per heavy atom. The summed E-state index contributed by atoms with van der Waals surface area (Å²) in [6.45, 7) is 7.10. The van der Waals surface area contributed by atoms with Crippen LogP contribution in [0.5, 0.6) is 5.75 Å². The smallest absolute Gasteiger partial charge is 0.128 e. The van der Waals surface area contributed by atoms with Crippen molar-refractivity contribution in [1.82, 2.24) is 15.2 Å². The summed E-state index contributed by atoms with van der Waals surface area (Å²) in [6, 6.07) is 0.785. The molecule has 1 aliphatic rings. The van der Waals surface area contributed by atoms with Gasteiger partial charge in [-0.25, -0.2) is 0 Å². The van der Waals surface area contributed by atoms with Crippen LogP contribution in [0.4, 0.5) is 0 Å². The summed E-state index contributed by atoms with van der Waals surface area (Å²) in [6.07, 6.45) is 4.59. The molecule has 0 atom stereocenters. The number of aryl methyl sites for hydroxylation is 1. The maximum absolute atomic E-state index is 5.45. The summed E-state index contributed by atoms with van der Waals surface area (Å²) < 4.78 is 5.45. The van der Waals surface area contributed by atoms with Gasteiger partial charge in [0.1, 0.15) is 5.75 Å². The minimum absolute atomic E-state index is 0.785. The molecule has 0 spiro atoms. The molecule has 1 fully saturated rings. The average Bonchev–Trinajstić information content (AvgIpc) is 3.18. The zero-order valence-corrected chi connectivity index (χ0v) is 12.5. The van der Waals surface area contributed by atoms with E-state index in [1.165, 1.54) is 12.8 Å². The van der Waals surface area contributed by atoms with Crippen LogP contribution in [0, 0.1) is 13.8 Å². The predicted molar refractivity (Wildman–Crippen MR) is 77.6 cm³/mol. The van der Waals surface area contributed by atoms with Gasteiger partial charge >= 0.3 is 0 Å². The van der Waals surface area contributed by atoms with Crippen LogP contribution in [0.3, 0.4) is 0 Å². The first-order chi connectivity index (χ1) is 9.11. The van der Waals surface area contributed by atoms with Crippen LogP contribution in [-0.4, -0.2) is 43.2 Å². The summed E-state index contributed by atoms with van der Waals surface area (Å²) in [5.74, 6) is 0.967. The second-order valence-electron chi connectivity index (χ2n) is 5.51. The highest BCUT2D eigenvalue weighted by Gasteiger charge is 2.20. The van der Waals surface area contributed by atoms with Gasteiger partial charge in [0.05, 0.1) is 12.8 Å². The predicted octanol–water partition coefficient (Wildman–Crippen LogP) is 1.89. The molecule has 4 heteroatoms. The molecular formula is C15H25N3O. The van der Waals surface area contributed by atoms with E-state index in [4.69, 9.17) is 4.74 Å². The first kappa shape index (κ1) is 14.3. The van der Waals surface area contributed by atoms with E-state index in [0.29, 0.717) is 0 Å². The number of hydrogen-bond acceptors (Lipinski definition) is 4. The number of nitrogens with zero attached hydrogens (tertiary/aromatic N) is 2. The number of methoxy groups -OCH3 is 1. The molecule has 1 aromatic rings. The van der Waals surface area contributed by atoms with Crippen molar-refractivity contribution in [3.8, 4) is 5.75 Å². The number of pyridine rings is 1. The molecule has 19 heavy (non-hydrogen) atoms. The Morgan fingerprint density at radius 1 is 1.42 bits per heavy atom. The molecule has 0 saturated heterocycles. The van der Waals surface area contributed by atoms with Crippen LogP contribution in [0.1, 0.15) is 29.7 Å². The zero-order valence-electron chi connectivity index (χ0n) is 12.5. The fourth-order valence-corrected chi connectivity index (χ4v) is 2.31. The fraction of sp³-hybridized carbons (Fsp3) is 0.667. The van der Waals surface area contributed by atoms with Gasteiger partial charge in [-0.1, -0.05) is 0 Å². The summed E-state index contributed by atoms with van der Waals surface area (Å²) in [5, 5.41) is 3.53. The summed E-state index contributed by atoms with van der Waals surface area (Å²) in [4.78, 5) is 6.84. The highest BCUT2D eigenvalue weighted by atomic mass is 16.5. The third kappa shape index (κ3) is 3.91. The molecule has 0 aromatic carbocycles. The normalized spacial score (nSPS) is 15.0. The Bertz CT molecular complexity index is 430. The van der Waals surface area contributed by atoms with Gasteiger partial charge in [-0.05, 0) is 33.7 Å². The van der Waals surface area contributed by atoms with Gasteiger partial charge in [0, 0.05) is 43.0 Å². The Kier molecular flexibility index (Phi) is 4.77. The van der Waals surface area contributed by atoms with E-state index in [2.05, 4.69) is 29.2 Å². The van der Waals surface area contributed by atoms with Crippen LogP contribution < -0.4 is 10.1 Å². The minimum atomic E-state index is 0.785. The van der Waals surface area contributed by atoms with Crippen molar-refractivity contribution in [3.63, 3.8) is 0 Å². The van der Waals surface area contributed by atoms with E-state index in [0.717, 1.165) is 48.2 Å². The molecule has 0 aliphatic heterocycles. The van der Waals surface area contributed by atoms with Crippen LogP contribution >= 0.6 is 0 Å². The standard InChI is InChI=1S/C15H25N3O/c1-11-9-17-14(12(2)15(11)19-4)10-18(3)8-7-16-13-5-6-13/h9,13,16H,5-8,10H2,1-4H3. The van der Waals surface area contributed by atoms with E-state index in [1.807, 2.05) is 13.1 Å². The number of hydrogen-bond donors (Lipinski definition) is 1. The first-order valence-electron chi connectivity index (χ1n) is 7.02. The summed E-state index contributed by atoms with van der Waals surface area (Å²) in [7, 11) is 3.87. The number of likely N-dealkylation sites (N-methyl/N-ethyl adjacent to an activating group) is 1. The largest absolute Gasteiger partial charge is 0.496 e. The molecule has 4 nitrogen and oxygen atoms in total. The Hall–Kier alpha value is -1.13. The van der Waals surface area contributed by atoms with Crippen molar-refractivity contribution in [2.45, 2.75) is 39.3 Å². The van der Waals surface area contributed by atoms with E-state index >= 15 is 0 Å². The van der Waals surface area contributed by atoms with Gasteiger partial charge in [-0.2, -0.15) is 0 Å². The van der Waals surface area contributed by atoms with Crippen molar-refractivity contribution in [2.75, 3.05) is 27.2 Å². The first-order valence-corrected chi connectivity index (χ1v) is 7.02. The molecule has 1 heterocycles. The molecule has 0 amide bonds. The molecule has 1 aliphatic carbocycles. The van der Waals surface area contributed by atoms with E-state index in [-0.39, 0.29) is 0 Å². The maximum Gasteiger partial charge on any atom is 0.128 e. The van der Waals surface area contributed by atoms with Gasteiger partial charge in [0.15, 0.2) is 0 Å². The van der Waals surface area contributed by atoms with Crippen LogP contribution in [0.25, 0.3) is 0 Å². The van der Waals surface area contributed by atoms with E-state index in [1.54, 1.807) is 7.11 Å². The van der Waals surface area contributed by atoms with Crippen LogP contribution in [0.15, 0.2) is 6.20 Å². The Morgan fingerprint density at radius 3 is 2.79 bits per heavy atom. The van der Waals surface area contributed by atoms with Crippen molar-refractivity contribution in [1.29, 1.82) is 0 Å².